The van der Waals surface area contributed by atoms with Gasteiger partial charge < -0.3 is 19.5 Å². The maximum atomic E-state index is 13.0. The second kappa shape index (κ2) is 8.58. The van der Waals surface area contributed by atoms with Gasteiger partial charge in [-0.2, -0.15) is 0 Å². The Morgan fingerprint density at radius 2 is 1.65 bits per heavy atom. The van der Waals surface area contributed by atoms with Crippen LogP contribution in [0.15, 0.2) is 36.4 Å². The van der Waals surface area contributed by atoms with Crippen molar-refractivity contribution in [3.63, 3.8) is 0 Å². The molecule has 0 saturated carbocycles. The molecule has 0 unspecified atom stereocenters. The van der Waals surface area contributed by atoms with E-state index in [1.54, 1.807) is 43.3 Å². The quantitative estimate of drug-likeness (QED) is 0.800. The van der Waals surface area contributed by atoms with Crippen molar-refractivity contribution < 1.29 is 24.2 Å². The van der Waals surface area contributed by atoms with E-state index in [9.17, 15) is 14.7 Å². The average molecular weight is 378 g/mol. The van der Waals surface area contributed by atoms with E-state index in [-0.39, 0.29) is 6.54 Å². The number of carboxylic acids is 1. The average Bonchev–Trinajstić information content (AvgIpc) is 2.61. The van der Waals surface area contributed by atoms with Gasteiger partial charge in [0.05, 0.1) is 14.2 Å². The van der Waals surface area contributed by atoms with Gasteiger partial charge in [0.2, 0.25) is 0 Å². The molecule has 2 aromatic carbocycles. The first kappa shape index (κ1) is 19.6. The van der Waals surface area contributed by atoms with E-state index in [1.165, 1.54) is 19.1 Å². The van der Waals surface area contributed by atoms with Crippen molar-refractivity contribution in [3.05, 3.63) is 58.1 Å². The van der Waals surface area contributed by atoms with Gasteiger partial charge in [-0.3, -0.25) is 9.59 Å². The molecule has 138 valence electrons. The van der Waals surface area contributed by atoms with Crippen molar-refractivity contribution in [3.8, 4) is 11.5 Å². The van der Waals surface area contributed by atoms with Crippen LogP contribution in [0, 0.1) is 6.92 Å². The van der Waals surface area contributed by atoms with Gasteiger partial charge >= 0.3 is 5.97 Å². The fourth-order valence-corrected chi connectivity index (χ4v) is 2.68. The first-order chi connectivity index (χ1) is 12.3. The van der Waals surface area contributed by atoms with E-state index in [2.05, 4.69) is 0 Å². The Balaban J connectivity index is 2.37. The van der Waals surface area contributed by atoms with Crippen LogP contribution in [-0.4, -0.2) is 42.6 Å². The number of carboxylic acid groups (broad SMARTS) is 1. The van der Waals surface area contributed by atoms with Gasteiger partial charge in [0.25, 0.3) is 5.91 Å². The molecule has 0 aromatic heterocycles. The molecule has 0 fully saturated rings. The summed E-state index contributed by atoms with van der Waals surface area (Å²) in [5.41, 5.74) is 1.80. The zero-order valence-corrected chi connectivity index (χ0v) is 15.5. The molecule has 0 aliphatic carbocycles. The first-order valence-electron chi connectivity index (χ1n) is 7.83. The molecule has 0 aliphatic rings. The van der Waals surface area contributed by atoms with Crippen LogP contribution < -0.4 is 9.47 Å². The number of aliphatic carboxylic acids is 1. The fraction of sp³-hybridized carbons (Fsp3) is 0.263. The molecular weight excluding hydrogens is 358 g/mol. The van der Waals surface area contributed by atoms with Gasteiger partial charge in [-0.1, -0.05) is 23.7 Å². The number of halogens is 1. The van der Waals surface area contributed by atoms with E-state index >= 15 is 0 Å². The van der Waals surface area contributed by atoms with Gasteiger partial charge in [0.1, 0.15) is 6.54 Å². The van der Waals surface area contributed by atoms with Crippen LogP contribution in [0.5, 0.6) is 11.5 Å². The molecule has 6 nitrogen and oxygen atoms in total. The summed E-state index contributed by atoms with van der Waals surface area (Å²) in [4.78, 5) is 25.5. The standard InChI is InChI=1S/C19H20ClNO5/c1-12-8-16(25-2)17(26-3)9-15(12)19(24)21(11-18(22)23)10-13-4-6-14(20)7-5-13/h4-9H,10-11H2,1-3H3,(H,22,23). The first-order valence-corrected chi connectivity index (χ1v) is 8.21. The lowest BCUT2D eigenvalue weighted by atomic mass is 10.1. The molecule has 7 heteroatoms. The Morgan fingerprint density at radius 3 is 2.19 bits per heavy atom. The fourth-order valence-electron chi connectivity index (χ4n) is 2.55. The van der Waals surface area contributed by atoms with Gasteiger partial charge in [-0.25, -0.2) is 0 Å². The van der Waals surface area contributed by atoms with E-state index in [0.717, 1.165) is 5.56 Å². The number of amides is 1. The monoisotopic (exact) mass is 377 g/mol. The number of carbonyl (C=O) groups excluding carboxylic acids is 1. The lowest BCUT2D eigenvalue weighted by molar-refractivity contribution is -0.137. The highest BCUT2D eigenvalue weighted by molar-refractivity contribution is 6.30. The zero-order chi connectivity index (χ0) is 19.3. The molecule has 1 amide bonds. The maximum Gasteiger partial charge on any atom is 0.323 e. The third-order valence-corrected chi connectivity index (χ3v) is 4.11. The molecule has 0 bridgehead atoms. The Morgan fingerprint density at radius 1 is 1.08 bits per heavy atom. The van der Waals surface area contributed by atoms with Crippen molar-refractivity contribution in [2.75, 3.05) is 20.8 Å². The van der Waals surface area contributed by atoms with Crippen molar-refractivity contribution in [2.24, 2.45) is 0 Å². The Bertz CT molecular complexity index is 804. The molecule has 0 radical (unpaired) electrons. The minimum absolute atomic E-state index is 0.149. The second-order valence-electron chi connectivity index (χ2n) is 5.70. The van der Waals surface area contributed by atoms with Gasteiger partial charge in [-0.05, 0) is 42.3 Å². The SMILES string of the molecule is COc1cc(C)c(C(=O)N(CC(=O)O)Cc2ccc(Cl)cc2)cc1OC. The molecule has 2 aromatic rings. The number of hydrogen-bond acceptors (Lipinski definition) is 4. The van der Waals surface area contributed by atoms with Gasteiger partial charge in [0.15, 0.2) is 11.5 Å². The van der Waals surface area contributed by atoms with Crippen LogP contribution in [0.1, 0.15) is 21.5 Å². The number of nitrogens with zero attached hydrogens (tertiary/aromatic N) is 1. The van der Waals surface area contributed by atoms with Crippen LogP contribution in [0.3, 0.4) is 0 Å². The van der Waals surface area contributed by atoms with E-state index in [1.807, 2.05) is 0 Å². The number of carbonyl (C=O) groups is 2. The molecular formula is C19H20ClNO5. The second-order valence-corrected chi connectivity index (χ2v) is 6.14. The summed E-state index contributed by atoms with van der Waals surface area (Å²) in [5.74, 6) is -0.585. The third-order valence-electron chi connectivity index (χ3n) is 3.86. The highest BCUT2D eigenvalue weighted by Crippen LogP contribution is 2.31. The van der Waals surface area contributed by atoms with Gasteiger partial charge in [-0.15, -0.1) is 0 Å². The summed E-state index contributed by atoms with van der Waals surface area (Å²) in [5, 5.41) is 9.76. The number of hydrogen-bond donors (Lipinski definition) is 1. The van der Waals surface area contributed by atoms with Crippen molar-refractivity contribution in [1.82, 2.24) is 4.90 Å². The molecule has 0 aliphatic heterocycles. The van der Waals surface area contributed by atoms with Crippen molar-refractivity contribution in [1.29, 1.82) is 0 Å². The highest BCUT2D eigenvalue weighted by atomic mass is 35.5. The summed E-state index contributed by atoms with van der Waals surface area (Å²) in [6.45, 7) is 1.49. The summed E-state index contributed by atoms with van der Waals surface area (Å²) in [6, 6.07) is 10.2. The Kier molecular flexibility index (Phi) is 6.46. The summed E-state index contributed by atoms with van der Waals surface area (Å²) >= 11 is 5.87. The van der Waals surface area contributed by atoms with Crippen LogP contribution in [0.25, 0.3) is 0 Å². The largest absolute Gasteiger partial charge is 0.493 e. The molecule has 2 rings (SSSR count). The predicted octanol–water partition coefficient (Wildman–Crippen LogP) is 3.39. The summed E-state index contributed by atoms with van der Waals surface area (Å²) < 4.78 is 10.5. The predicted molar refractivity (Wildman–Crippen MR) is 98.1 cm³/mol. The van der Waals surface area contributed by atoms with E-state index in [0.29, 0.717) is 27.6 Å². The number of aryl methyl sites for hydroxylation is 1. The van der Waals surface area contributed by atoms with Crippen LogP contribution >= 0.6 is 11.6 Å². The zero-order valence-electron chi connectivity index (χ0n) is 14.8. The van der Waals surface area contributed by atoms with Crippen molar-refractivity contribution in [2.45, 2.75) is 13.5 Å². The normalized spacial score (nSPS) is 10.3. The van der Waals surface area contributed by atoms with Crippen molar-refractivity contribution >= 4 is 23.5 Å². The lowest BCUT2D eigenvalue weighted by Crippen LogP contribution is -2.35. The van der Waals surface area contributed by atoms with Crippen LogP contribution in [-0.2, 0) is 11.3 Å². The van der Waals surface area contributed by atoms with Crippen LogP contribution in [0.2, 0.25) is 5.02 Å². The topological polar surface area (TPSA) is 76.1 Å². The lowest BCUT2D eigenvalue weighted by Gasteiger charge is -2.22. The molecule has 1 N–H and O–H groups in total. The molecule has 26 heavy (non-hydrogen) atoms. The molecule has 0 atom stereocenters. The number of benzene rings is 2. The summed E-state index contributed by atoms with van der Waals surface area (Å²) in [6.07, 6.45) is 0. The minimum Gasteiger partial charge on any atom is -0.493 e. The third kappa shape index (κ3) is 4.67. The molecule has 0 heterocycles. The Hall–Kier alpha value is -2.73. The smallest absolute Gasteiger partial charge is 0.323 e. The minimum atomic E-state index is -1.09. The molecule has 0 spiro atoms. The summed E-state index contributed by atoms with van der Waals surface area (Å²) in [7, 11) is 2.99. The Labute approximate surface area is 156 Å². The number of rotatable bonds is 7. The van der Waals surface area contributed by atoms with E-state index in [4.69, 9.17) is 21.1 Å². The van der Waals surface area contributed by atoms with Gasteiger partial charge in [0, 0.05) is 17.1 Å². The molecule has 0 saturated heterocycles. The van der Waals surface area contributed by atoms with Crippen LogP contribution in [0.4, 0.5) is 0 Å². The maximum absolute atomic E-state index is 13.0. The number of ether oxygens (including phenoxy) is 2. The van der Waals surface area contributed by atoms with E-state index < -0.39 is 18.4 Å². The number of methoxy groups -OCH3 is 2. The highest BCUT2D eigenvalue weighted by Gasteiger charge is 2.22.